The van der Waals surface area contributed by atoms with Gasteiger partial charge in [-0.05, 0) is 49.6 Å². The average Bonchev–Trinajstić information content (AvgIpc) is 3.07. The Kier molecular flexibility index (Phi) is 5.07. The van der Waals surface area contributed by atoms with Crippen LogP contribution in [0, 0.1) is 19.7 Å². The Hall–Kier alpha value is -3.55. The minimum atomic E-state index is -0.422. The van der Waals surface area contributed by atoms with Crippen molar-refractivity contribution in [2.24, 2.45) is 0 Å². The molecule has 0 saturated carbocycles. The standard InChI is InChI=1S/C22H21FN4O3/c1-12-21(13(2)30-26-12)22(29)25-10-14-6-16(11-24-9-14)17-7-15-4-5-20(28)27(3)19(15)8-18(17)23/h6-9,11H,4-5,10H2,1-3H3,(H,25,29). The molecule has 0 aliphatic carbocycles. The van der Waals surface area contributed by atoms with Crippen molar-refractivity contribution >= 4 is 17.5 Å². The molecule has 7 nitrogen and oxygen atoms in total. The van der Waals surface area contributed by atoms with E-state index in [2.05, 4.69) is 15.5 Å². The van der Waals surface area contributed by atoms with Crippen LogP contribution in [-0.2, 0) is 17.8 Å². The molecule has 30 heavy (non-hydrogen) atoms. The summed E-state index contributed by atoms with van der Waals surface area (Å²) in [5, 5.41) is 6.61. The molecule has 0 radical (unpaired) electrons. The highest BCUT2D eigenvalue weighted by atomic mass is 19.1. The molecule has 4 rings (SSSR count). The minimum Gasteiger partial charge on any atom is -0.361 e. The first-order chi connectivity index (χ1) is 14.3. The lowest BCUT2D eigenvalue weighted by Crippen LogP contribution is -2.31. The molecular formula is C22H21FN4O3. The predicted octanol–water partition coefficient (Wildman–Crippen LogP) is 3.33. The number of nitrogens with one attached hydrogen (secondary N) is 1. The number of aryl methyl sites for hydroxylation is 3. The van der Waals surface area contributed by atoms with Crippen LogP contribution in [0.2, 0.25) is 0 Å². The van der Waals surface area contributed by atoms with Crippen LogP contribution in [0.5, 0.6) is 0 Å². The van der Waals surface area contributed by atoms with Gasteiger partial charge in [0.25, 0.3) is 5.91 Å². The van der Waals surface area contributed by atoms with Gasteiger partial charge in [0.15, 0.2) is 0 Å². The van der Waals surface area contributed by atoms with E-state index in [-0.39, 0.29) is 18.4 Å². The van der Waals surface area contributed by atoms with E-state index in [4.69, 9.17) is 4.52 Å². The fraction of sp³-hybridized carbons (Fsp3) is 0.273. The van der Waals surface area contributed by atoms with Crippen molar-refractivity contribution in [1.82, 2.24) is 15.5 Å². The average molecular weight is 408 g/mol. The number of halogens is 1. The third-order valence-corrected chi connectivity index (χ3v) is 5.33. The number of carbonyl (C=O) groups excluding carboxylic acids is 2. The van der Waals surface area contributed by atoms with Gasteiger partial charge < -0.3 is 14.7 Å². The molecule has 1 aromatic carbocycles. The number of carbonyl (C=O) groups is 2. The summed E-state index contributed by atoms with van der Waals surface area (Å²) in [6.45, 7) is 3.62. The Bertz CT molecular complexity index is 1140. The van der Waals surface area contributed by atoms with Crippen LogP contribution in [0.15, 0.2) is 35.1 Å². The zero-order chi connectivity index (χ0) is 21.4. The number of aromatic nitrogens is 2. The van der Waals surface area contributed by atoms with Crippen molar-refractivity contribution in [3.63, 3.8) is 0 Å². The van der Waals surface area contributed by atoms with Gasteiger partial charge in [-0.25, -0.2) is 4.39 Å². The monoisotopic (exact) mass is 408 g/mol. The van der Waals surface area contributed by atoms with E-state index in [0.717, 1.165) is 11.1 Å². The van der Waals surface area contributed by atoms with Crippen LogP contribution in [0.1, 0.15) is 39.4 Å². The summed E-state index contributed by atoms with van der Waals surface area (Å²) in [7, 11) is 1.66. The number of hydrogen-bond acceptors (Lipinski definition) is 5. The molecule has 3 aromatic rings. The molecule has 0 atom stereocenters. The molecule has 0 spiro atoms. The van der Waals surface area contributed by atoms with E-state index in [9.17, 15) is 14.0 Å². The van der Waals surface area contributed by atoms with Crippen LogP contribution in [0.3, 0.4) is 0 Å². The number of fused-ring (bicyclic) bond motifs is 1. The van der Waals surface area contributed by atoms with Gasteiger partial charge in [-0.2, -0.15) is 0 Å². The number of benzene rings is 1. The molecule has 0 bridgehead atoms. The SMILES string of the molecule is Cc1noc(C)c1C(=O)NCc1cncc(-c2cc3c(cc2F)N(C)C(=O)CC3)c1. The lowest BCUT2D eigenvalue weighted by atomic mass is 9.96. The Morgan fingerprint density at radius 1 is 1.23 bits per heavy atom. The van der Waals surface area contributed by atoms with E-state index in [1.165, 1.54) is 11.0 Å². The van der Waals surface area contributed by atoms with E-state index >= 15 is 0 Å². The van der Waals surface area contributed by atoms with E-state index in [1.54, 1.807) is 45.4 Å². The smallest absolute Gasteiger partial charge is 0.257 e. The number of hydrogen-bond donors (Lipinski definition) is 1. The van der Waals surface area contributed by atoms with Crippen molar-refractivity contribution < 1.29 is 18.5 Å². The van der Waals surface area contributed by atoms with Gasteiger partial charge in [0.05, 0.1) is 5.69 Å². The second-order valence-corrected chi connectivity index (χ2v) is 7.38. The fourth-order valence-electron chi connectivity index (χ4n) is 3.69. The van der Waals surface area contributed by atoms with Gasteiger partial charge in [-0.3, -0.25) is 14.6 Å². The summed E-state index contributed by atoms with van der Waals surface area (Å²) < 4.78 is 19.9. The molecule has 8 heteroatoms. The molecule has 3 heterocycles. The molecule has 0 unspecified atom stereocenters. The van der Waals surface area contributed by atoms with Crippen molar-refractivity contribution in [3.05, 3.63) is 64.6 Å². The third kappa shape index (κ3) is 3.56. The second-order valence-electron chi connectivity index (χ2n) is 7.38. The Labute approximate surface area is 172 Å². The van der Waals surface area contributed by atoms with Gasteiger partial charge >= 0.3 is 0 Å². The lowest BCUT2D eigenvalue weighted by molar-refractivity contribution is -0.118. The highest BCUT2D eigenvalue weighted by Crippen LogP contribution is 2.33. The van der Waals surface area contributed by atoms with Gasteiger partial charge in [0.2, 0.25) is 5.91 Å². The van der Waals surface area contributed by atoms with Crippen molar-refractivity contribution in [2.45, 2.75) is 33.2 Å². The zero-order valence-electron chi connectivity index (χ0n) is 17.0. The van der Waals surface area contributed by atoms with Crippen molar-refractivity contribution in [1.29, 1.82) is 0 Å². The normalized spacial score (nSPS) is 13.3. The first-order valence-electron chi connectivity index (χ1n) is 9.59. The van der Waals surface area contributed by atoms with Crippen LogP contribution < -0.4 is 10.2 Å². The highest BCUT2D eigenvalue weighted by Gasteiger charge is 2.23. The van der Waals surface area contributed by atoms with Crippen LogP contribution in [-0.4, -0.2) is 29.0 Å². The molecule has 2 amide bonds. The Balaban J connectivity index is 1.57. The van der Waals surface area contributed by atoms with Crippen LogP contribution in [0.25, 0.3) is 11.1 Å². The van der Waals surface area contributed by atoms with Crippen molar-refractivity contribution in [3.8, 4) is 11.1 Å². The lowest BCUT2D eigenvalue weighted by Gasteiger charge is -2.26. The summed E-state index contributed by atoms with van der Waals surface area (Å²) in [4.78, 5) is 30.0. The van der Waals surface area contributed by atoms with E-state index in [0.29, 0.717) is 46.7 Å². The number of anilines is 1. The molecule has 2 aromatic heterocycles. The zero-order valence-corrected chi connectivity index (χ0v) is 17.0. The maximum atomic E-state index is 14.8. The summed E-state index contributed by atoms with van der Waals surface area (Å²) >= 11 is 0. The van der Waals surface area contributed by atoms with Gasteiger partial charge in [0, 0.05) is 49.2 Å². The number of rotatable bonds is 4. The molecule has 0 fully saturated rings. The van der Waals surface area contributed by atoms with Gasteiger partial charge in [0.1, 0.15) is 17.1 Å². The third-order valence-electron chi connectivity index (χ3n) is 5.33. The molecule has 0 saturated heterocycles. The quantitative estimate of drug-likeness (QED) is 0.715. The molecule has 1 N–H and O–H groups in total. The van der Waals surface area contributed by atoms with E-state index in [1.807, 2.05) is 0 Å². The summed E-state index contributed by atoms with van der Waals surface area (Å²) in [5.74, 6) is -0.276. The van der Waals surface area contributed by atoms with Gasteiger partial charge in [-0.1, -0.05) is 5.16 Å². The first kappa shape index (κ1) is 19.8. The molecular weight excluding hydrogens is 387 g/mol. The maximum Gasteiger partial charge on any atom is 0.257 e. The summed E-state index contributed by atoms with van der Waals surface area (Å²) in [6.07, 6.45) is 4.19. The topological polar surface area (TPSA) is 88.3 Å². The number of nitrogens with zero attached hydrogens (tertiary/aromatic N) is 3. The first-order valence-corrected chi connectivity index (χ1v) is 9.59. The summed E-state index contributed by atoms with van der Waals surface area (Å²) in [6, 6.07) is 4.97. The molecule has 1 aliphatic rings. The van der Waals surface area contributed by atoms with Crippen molar-refractivity contribution in [2.75, 3.05) is 11.9 Å². The fourth-order valence-corrected chi connectivity index (χ4v) is 3.69. The predicted molar refractivity (Wildman–Crippen MR) is 109 cm³/mol. The minimum absolute atomic E-state index is 0.0210. The molecule has 1 aliphatic heterocycles. The Morgan fingerprint density at radius 2 is 2.03 bits per heavy atom. The number of amides is 2. The largest absolute Gasteiger partial charge is 0.361 e. The molecule has 154 valence electrons. The van der Waals surface area contributed by atoms with Crippen LogP contribution >= 0.6 is 0 Å². The number of pyridine rings is 1. The Morgan fingerprint density at radius 3 is 2.77 bits per heavy atom. The van der Waals surface area contributed by atoms with Crippen LogP contribution in [0.4, 0.5) is 10.1 Å². The second kappa shape index (κ2) is 7.70. The van der Waals surface area contributed by atoms with Gasteiger partial charge in [-0.15, -0.1) is 0 Å². The maximum absolute atomic E-state index is 14.8. The highest BCUT2D eigenvalue weighted by molar-refractivity contribution is 5.97. The summed E-state index contributed by atoms with van der Waals surface area (Å²) in [5.41, 5.74) is 4.22. The van der Waals surface area contributed by atoms with E-state index < -0.39 is 5.82 Å².